The van der Waals surface area contributed by atoms with E-state index in [1.54, 1.807) is 36.8 Å². The summed E-state index contributed by atoms with van der Waals surface area (Å²) in [5.74, 6) is 1.24. The van der Waals surface area contributed by atoms with Crippen LogP contribution >= 0.6 is 0 Å². The fourth-order valence-electron chi connectivity index (χ4n) is 2.62. The highest BCUT2D eigenvalue weighted by Gasteiger charge is 2.17. The van der Waals surface area contributed by atoms with Gasteiger partial charge in [-0.2, -0.15) is 18.6 Å². The maximum absolute atomic E-state index is 13.0. The lowest BCUT2D eigenvalue weighted by atomic mass is 10.2. The predicted octanol–water partition coefficient (Wildman–Crippen LogP) is 2.28. The van der Waals surface area contributed by atoms with E-state index in [1.165, 1.54) is 0 Å². The molecule has 0 aliphatic carbocycles. The molecule has 0 aliphatic heterocycles. The van der Waals surface area contributed by atoms with Crippen molar-refractivity contribution in [2.45, 2.75) is 13.5 Å². The molecular formula is C14H12F2N8. The molecule has 4 aromatic rings. The summed E-state index contributed by atoms with van der Waals surface area (Å²) in [6.07, 6.45) is 1.77. The van der Waals surface area contributed by atoms with Gasteiger partial charge in [0, 0.05) is 18.8 Å². The van der Waals surface area contributed by atoms with Crippen molar-refractivity contribution in [3.8, 4) is 11.3 Å². The van der Waals surface area contributed by atoms with Crippen molar-refractivity contribution in [1.29, 1.82) is 0 Å². The van der Waals surface area contributed by atoms with Gasteiger partial charge in [0.1, 0.15) is 16.9 Å². The molecule has 0 bridgehead atoms. The molecule has 4 aromatic heterocycles. The van der Waals surface area contributed by atoms with Crippen molar-refractivity contribution in [1.82, 2.24) is 34.6 Å². The molecule has 0 radical (unpaired) electrons. The van der Waals surface area contributed by atoms with Crippen molar-refractivity contribution in [2.24, 2.45) is 0 Å². The SMILES string of the molecule is CNc1nc(C)nn2ccc(-c3ccc4nnn(C(F)F)c4n3)c12. The van der Waals surface area contributed by atoms with Crippen LogP contribution in [0.15, 0.2) is 24.4 Å². The molecule has 0 amide bonds. The molecule has 4 rings (SSSR count). The Morgan fingerprint density at radius 3 is 2.75 bits per heavy atom. The standard InChI is InChI=1S/C14H12F2N8/c1-7-18-12(17-2)11-8(5-6-23(11)21-7)9-3-4-10-13(19-9)24(14(15)16)22-20-10/h3-6,14H,1-2H3,(H,17,18,21). The summed E-state index contributed by atoms with van der Waals surface area (Å²) >= 11 is 0. The maximum Gasteiger partial charge on any atom is 0.336 e. The molecule has 8 nitrogen and oxygen atoms in total. The Bertz CT molecular complexity index is 1050. The Hall–Kier alpha value is -3.17. The summed E-state index contributed by atoms with van der Waals surface area (Å²) in [5, 5.41) is 14.5. The quantitative estimate of drug-likeness (QED) is 0.620. The lowest BCUT2D eigenvalue weighted by Crippen LogP contribution is -2.04. The van der Waals surface area contributed by atoms with E-state index in [9.17, 15) is 8.78 Å². The van der Waals surface area contributed by atoms with Crippen molar-refractivity contribution in [3.05, 3.63) is 30.2 Å². The molecule has 122 valence electrons. The van der Waals surface area contributed by atoms with Crippen molar-refractivity contribution >= 4 is 22.5 Å². The molecular weight excluding hydrogens is 318 g/mol. The summed E-state index contributed by atoms with van der Waals surface area (Å²) in [6, 6.07) is 5.14. The van der Waals surface area contributed by atoms with Crippen molar-refractivity contribution in [2.75, 3.05) is 12.4 Å². The molecule has 1 N–H and O–H groups in total. The molecule has 0 aromatic carbocycles. The number of rotatable bonds is 3. The second-order valence-corrected chi connectivity index (χ2v) is 5.13. The monoisotopic (exact) mass is 330 g/mol. The molecule has 0 spiro atoms. The highest BCUT2D eigenvalue weighted by Crippen LogP contribution is 2.29. The first kappa shape index (κ1) is 14.4. The van der Waals surface area contributed by atoms with E-state index in [1.807, 2.05) is 6.07 Å². The minimum atomic E-state index is -2.80. The van der Waals surface area contributed by atoms with Gasteiger partial charge >= 0.3 is 6.55 Å². The third-order valence-corrected chi connectivity index (χ3v) is 3.63. The first-order valence-corrected chi connectivity index (χ1v) is 7.12. The minimum Gasteiger partial charge on any atom is -0.371 e. The summed E-state index contributed by atoms with van der Waals surface area (Å²) in [7, 11) is 1.75. The minimum absolute atomic E-state index is 0.0286. The Morgan fingerprint density at radius 2 is 2.00 bits per heavy atom. The van der Waals surface area contributed by atoms with Crippen LogP contribution in [0.25, 0.3) is 27.9 Å². The number of nitrogens with one attached hydrogen (secondary N) is 1. The van der Waals surface area contributed by atoms with Gasteiger partial charge in [0.05, 0.1) is 5.69 Å². The zero-order valence-electron chi connectivity index (χ0n) is 12.8. The maximum atomic E-state index is 13.0. The van der Waals surface area contributed by atoms with Crippen LogP contribution in [0.4, 0.5) is 14.6 Å². The van der Waals surface area contributed by atoms with E-state index >= 15 is 0 Å². The van der Waals surface area contributed by atoms with Crippen LogP contribution in [0, 0.1) is 6.92 Å². The van der Waals surface area contributed by atoms with Gasteiger partial charge in [-0.3, -0.25) is 0 Å². The second-order valence-electron chi connectivity index (χ2n) is 5.13. The van der Waals surface area contributed by atoms with Crippen LogP contribution in [0.1, 0.15) is 12.4 Å². The fraction of sp³-hybridized carbons (Fsp3) is 0.214. The number of anilines is 1. The molecule has 0 atom stereocenters. The molecule has 10 heteroatoms. The molecule has 0 fully saturated rings. The van der Waals surface area contributed by atoms with Crippen LogP contribution in [0.3, 0.4) is 0 Å². The van der Waals surface area contributed by atoms with E-state index < -0.39 is 6.55 Å². The average Bonchev–Trinajstić information content (AvgIpc) is 3.16. The molecule has 0 aliphatic rings. The molecule has 24 heavy (non-hydrogen) atoms. The summed E-state index contributed by atoms with van der Waals surface area (Å²) < 4.78 is 28.2. The number of nitrogens with zero attached hydrogens (tertiary/aromatic N) is 7. The number of pyridine rings is 1. The highest BCUT2D eigenvalue weighted by atomic mass is 19.3. The number of hydrogen-bond donors (Lipinski definition) is 1. The largest absolute Gasteiger partial charge is 0.371 e. The fourth-order valence-corrected chi connectivity index (χ4v) is 2.62. The highest BCUT2D eigenvalue weighted by molar-refractivity contribution is 5.88. The van der Waals surface area contributed by atoms with E-state index in [0.29, 0.717) is 33.1 Å². The van der Waals surface area contributed by atoms with Gasteiger partial charge in [-0.15, -0.1) is 5.10 Å². The normalized spacial score (nSPS) is 11.7. The van der Waals surface area contributed by atoms with E-state index in [-0.39, 0.29) is 5.65 Å². The van der Waals surface area contributed by atoms with Gasteiger partial charge in [-0.1, -0.05) is 5.21 Å². The van der Waals surface area contributed by atoms with Crippen molar-refractivity contribution < 1.29 is 8.78 Å². The third-order valence-electron chi connectivity index (χ3n) is 3.63. The molecule has 0 unspecified atom stereocenters. The summed E-state index contributed by atoms with van der Waals surface area (Å²) in [5.41, 5.74) is 2.29. The van der Waals surface area contributed by atoms with Gasteiger partial charge in [0.2, 0.25) is 0 Å². The first-order valence-electron chi connectivity index (χ1n) is 7.12. The van der Waals surface area contributed by atoms with Gasteiger partial charge in [0.25, 0.3) is 0 Å². The van der Waals surface area contributed by atoms with Gasteiger partial charge in [-0.25, -0.2) is 14.5 Å². The topological polar surface area (TPSA) is 85.8 Å². The Labute approximate surface area is 134 Å². The molecule has 0 saturated heterocycles. The first-order chi connectivity index (χ1) is 11.6. The Morgan fingerprint density at radius 1 is 1.17 bits per heavy atom. The number of alkyl halides is 2. The van der Waals surface area contributed by atoms with Crippen LogP contribution in [-0.4, -0.2) is 41.6 Å². The van der Waals surface area contributed by atoms with Gasteiger partial charge in [0.15, 0.2) is 11.5 Å². The smallest absolute Gasteiger partial charge is 0.336 e. The molecule has 4 heterocycles. The lowest BCUT2D eigenvalue weighted by molar-refractivity contribution is 0.0587. The predicted molar refractivity (Wildman–Crippen MR) is 82.8 cm³/mol. The van der Waals surface area contributed by atoms with E-state index in [0.717, 1.165) is 5.56 Å². The second kappa shape index (κ2) is 5.18. The van der Waals surface area contributed by atoms with E-state index in [2.05, 4.69) is 30.7 Å². The third kappa shape index (κ3) is 2.07. The number of aryl methyl sites for hydroxylation is 1. The van der Waals surface area contributed by atoms with E-state index in [4.69, 9.17) is 0 Å². The Balaban J connectivity index is 1.97. The number of fused-ring (bicyclic) bond motifs is 2. The van der Waals surface area contributed by atoms with Gasteiger partial charge < -0.3 is 5.32 Å². The van der Waals surface area contributed by atoms with Crippen LogP contribution in [0.2, 0.25) is 0 Å². The summed E-state index contributed by atoms with van der Waals surface area (Å²) in [6.45, 7) is -1.01. The van der Waals surface area contributed by atoms with Gasteiger partial charge in [-0.05, 0) is 25.1 Å². The zero-order chi connectivity index (χ0) is 16.8. The van der Waals surface area contributed by atoms with Crippen molar-refractivity contribution in [3.63, 3.8) is 0 Å². The average molecular weight is 330 g/mol. The molecule has 0 saturated carbocycles. The number of hydrogen-bond acceptors (Lipinski definition) is 6. The summed E-state index contributed by atoms with van der Waals surface area (Å²) in [4.78, 5) is 8.66. The number of aromatic nitrogens is 7. The number of halogens is 2. The Kier molecular flexibility index (Phi) is 3.12. The van der Waals surface area contributed by atoms with Crippen LogP contribution in [0.5, 0.6) is 0 Å². The van der Waals surface area contributed by atoms with Crippen LogP contribution < -0.4 is 5.32 Å². The van der Waals surface area contributed by atoms with Crippen LogP contribution in [-0.2, 0) is 0 Å². The zero-order valence-corrected chi connectivity index (χ0v) is 12.8. The lowest BCUT2D eigenvalue weighted by Gasteiger charge is -2.07.